The van der Waals surface area contributed by atoms with Crippen LogP contribution in [0, 0.1) is 0 Å². The summed E-state index contributed by atoms with van der Waals surface area (Å²) in [5, 5.41) is 0. The Balaban J connectivity index is 4.42. The van der Waals surface area contributed by atoms with E-state index in [1.807, 2.05) is 0 Å². The normalized spacial score (nSPS) is 12.6. The summed E-state index contributed by atoms with van der Waals surface area (Å²) in [7, 11) is 0. The van der Waals surface area contributed by atoms with Gasteiger partial charge < -0.3 is 14.2 Å². The molecule has 0 bridgehead atoms. The number of rotatable bonds is 58. The van der Waals surface area contributed by atoms with Gasteiger partial charge in [0.15, 0.2) is 6.10 Å². The van der Waals surface area contributed by atoms with Crippen LogP contribution in [-0.2, 0) is 28.6 Å². The number of esters is 3. The van der Waals surface area contributed by atoms with E-state index in [4.69, 9.17) is 14.2 Å². The van der Waals surface area contributed by atoms with Crippen molar-refractivity contribution in [3.8, 4) is 0 Å². The third-order valence-electron chi connectivity index (χ3n) is 13.9. The molecule has 0 aromatic rings. The fraction of sp³-hybridized carbons (Fsp3) is 0.754. The molecule has 0 radical (unpaired) electrons. The van der Waals surface area contributed by atoms with Crippen LogP contribution < -0.4 is 0 Å². The Labute approximate surface area is 465 Å². The molecule has 0 unspecified atom stereocenters. The van der Waals surface area contributed by atoms with Crippen molar-refractivity contribution in [2.75, 3.05) is 13.2 Å². The van der Waals surface area contributed by atoms with Crippen LogP contribution in [0.15, 0.2) is 85.1 Å². The molecule has 0 spiro atoms. The minimum Gasteiger partial charge on any atom is -0.462 e. The third-order valence-corrected chi connectivity index (χ3v) is 13.9. The molecule has 6 heteroatoms. The lowest BCUT2D eigenvalue weighted by Crippen LogP contribution is -2.30. The third kappa shape index (κ3) is 61.3. The van der Waals surface area contributed by atoms with Gasteiger partial charge in [0, 0.05) is 19.3 Å². The van der Waals surface area contributed by atoms with Gasteiger partial charge in [-0.05, 0) is 116 Å². The summed E-state index contributed by atoms with van der Waals surface area (Å²) >= 11 is 0. The van der Waals surface area contributed by atoms with E-state index < -0.39 is 6.10 Å². The van der Waals surface area contributed by atoms with Gasteiger partial charge in [-0.3, -0.25) is 14.4 Å². The van der Waals surface area contributed by atoms with Crippen molar-refractivity contribution in [2.45, 2.75) is 322 Å². The van der Waals surface area contributed by atoms with Gasteiger partial charge in [-0.15, -0.1) is 0 Å². The number of carbonyl (C=O) groups excluding carboxylic acids is 3. The molecule has 432 valence electrons. The molecule has 0 heterocycles. The SMILES string of the molecule is CC/C=C\C/C=C\C/C=C\C/C=C\C/C=C\CCCCCC(=O)O[C@@H](COC(=O)CCCCCCCCC/C=C\CCCCCCCC)COC(=O)CCCCCCCCCCCCC/C=C\CCCCCCCC. The predicted molar refractivity (Wildman–Crippen MR) is 325 cm³/mol. The number of allylic oxidation sites excluding steroid dienone is 14. The van der Waals surface area contributed by atoms with Crippen molar-refractivity contribution in [3.63, 3.8) is 0 Å². The second kappa shape index (κ2) is 63.1. The number of hydrogen-bond donors (Lipinski definition) is 0. The Bertz CT molecular complexity index is 1430. The first-order valence-corrected chi connectivity index (χ1v) is 32.1. The predicted octanol–water partition coefficient (Wildman–Crippen LogP) is 21.9. The van der Waals surface area contributed by atoms with Crippen molar-refractivity contribution >= 4 is 17.9 Å². The van der Waals surface area contributed by atoms with Crippen LogP contribution in [0.25, 0.3) is 0 Å². The zero-order valence-corrected chi connectivity index (χ0v) is 49.6. The molecule has 6 nitrogen and oxygen atoms in total. The van der Waals surface area contributed by atoms with Crippen LogP contribution in [-0.4, -0.2) is 37.2 Å². The largest absolute Gasteiger partial charge is 0.462 e. The summed E-state index contributed by atoms with van der Waals surface area (Å²) in [6.45, 7) is 6.52. The van der Waals surface area contributed by atoms with Crippen LogP contribution in [0.4, 0.5) is 0 Å². The zero-order valence-electron chi connectivity index (χ0n) is 49.6. The summed E-state index contributed by atoms with van der Waals surface area (Å²) in [6.07, 6.45) is 83.0. The van der Waals surface area contributed by atoms with Crippen molar-refractivity contribution < 1.29 is 28.6 Å². The highest BCUT2D eigenvalue weighted by molar-refractivity contribution is 5.71. The highest BCUT2D eigenvalue weighted by Crippen LogP contribution is 2.16. The van der Waals surface area contributed by atoms with Crippen molar-refractivity contribution in [1.82, 2.24) is 0 Å². The number of ether oxygens (including phenoxy) is 3. The van der Waals surface area contributed by atoms with Gasteiger partial charge in [0.05, 0.1) is 0 Å². The van der Waals surface area contributed by atoms with Crippen molar-refractivity contribution in [2.24, 2.45) is 0 Å². The van der Waals surface area contributed by atoms with E-state index in [9.17, 15) is 14.4 Å². The highest BCUT2D eigenvalue weighted by Gasteiger charge is 2.19. The highest BCUT2D eigenvalue weighted by atomic mass is 16.6. The number of hydrogen-bond acceptors (Lipinski definition) is 6. The summed E-state index contributed by atoms with van der Waals surface area (Å²) in [4.78, 5) is 38.3. The molecule has 0 aliphatic heterocycles. The molecule has 0 rings (SSSR count). The molecule has 1 atom stereocenters. The Hall–Kier alpha value is -3.41. The molecule has 0 fully saturated rings. The fourth-order valence-corrected chi connectivity index (χ4v) is 9.05. The average Bonchev–Trinajstić information content (AvgIpc) is 3.41. The molecule has 0 saturated carbocycles. The lowest BCUT2D eigenvalue weighted by molar-refractivity contribution is -0.167. The van der Waals surface area contributed by atoms with Crippen LogP contribution in [0.2, 0.25) is 0 Å². The average molecular weight is 1050 g/mol. The van der Waals surface area contributed by atoms with E-state index in [-0.39, 0.29) is 37.5 Å². The lowest BCUT2D eigenvalue weighted by Gasteiger charge is -2.18. The van der Waals surface area contributed by atoms with Crippen LogP contribution in [0.1, 0.15) is 316 Å². The first kappa shape index (κ1) is 71.6. The van der Waals surface area contributed by atoms with Gasteiger partial charge in [0.25, 0.3) is 0 Å². The van der Waals surface area contributed by atoms with Gasteiger partial charge in [-0.2, -0.15) is 0 Å². The maximum atomic E-state index is 12.9. The number of carbonyl (C=O) groups is 3. The lowest BCUT2D eigenvalue weighted by atomic mass is 10.0. The van der Waals surface area contributed by atoms with E-state index in [0.29, 0.717) is 12.8 Å². The van der Waals surface area contributed by atoms with Gasteiger partial charge >= 0.3 is 17.9 Å². The fourth-order valence-electron chi connectivity index (χ4n) is 9.05. The first-order chi connectivity index (χ1) is 37.0. The Kier molecular flexibility index (Phi) is 60.3. The molecule has 0 N–H and O–H groups in total. The molecule has 0 saturated heterocycles. The maximum Gasteiger partial charge on any atom is 0.306 e. The molecular formula is C69H120O6. The Morgan fingerprint density at radius 2 is 0.520 bits per heavy atom. The van der Waals surface area contributed by atoms with Crippen molar-refractivity contribution in [1.29, 1.82) is 0 Å². The smallest absolute Gasteiger partial charge is 0.306 e. The van der Waals surface area contributed by atoms with E-state index in [1.165, 1.54) is 180 Å². The standard InChI is InChI=1S/C69H120O6/c1-4-7-10-13-16-19-22-25-28-31-33-34-36-38-41-44-47-50-53-56-59-62-68(71)74-65-66(64-73-67(70)61-58-55-52-49-46-43-40-37-30-27-24-21-18-15-12-9-6-3)75-69(72)63-60-57-54-51-48-45-42-39-35-32-29-26-23-20-17-14-11-8-5-2/h8,11,17,20,25-30,35,39,45,48,66H,4-7,9-10,12-16,18-19,21-24,31-34,36-38,40-44,46-47,49-65H2,1-3H3/b11-8-,20-17-,28-25-,29-26-,30-27-,39-35-,48-45-/t66-/m0/s1. The molecular weight excluding hydrogens is 925 g/mol. The summed E-state index contributed by atoms with van der Waals surface area (Å²) < 4.78 is 16.9. The minimum absolute atomic E-state index is 0.0905. The molecule has 0 amide bonds. The van der Waals surface area contributed by atoms with Gasteiger partial charge in [-0.1, -0.05) is 266 Å². The topological polar surface area (TPSA) is 78.9 Å². The maximum absolute atomic E-state index is 12.9. The quantitative estimate of drug-likeness (QED) is 0.0261. The van der Waals surface area contributed by atoms with E-state index in [1.54, 1.807) is 0 Å². The monoisotopic (exact) mass is 1040 g/mol. The van der Waals surface area contributed by atoms with E-state index in [2.05, 4.69) is 106 Å². The Morgan fingerprint density at radius 1 is 0.280 bits per heavy atom. The summed E-state index contributed by atoms with van der Waals surface area (Å²) in [6, 6.07) is 0. The summed E-state index contributed by atoms with van der Waals surface area (Å²) in [5.41, 5.74) is 0. The van der Waals surface area contributed by atoms with E-state index >= 15 is 0 Å². The molecule has 0 aliphatic carbocycles. The number of unbranched alkanes of at least 4 members (excludes halogenated alkanes) is 33. The second-order valence-electron chi connectivity index (χ2n) is 21.3. The van der Waals surface area contributed by atoms with Crippen LogP contribution in [0.3, 0.4) is 0 Å². The zero-order chi connectivity index (χ0) is 54.3. The van der Waals surface area contributed by atoms with Gasteiger partial charge in [0.2, 0.25) is 0 Å². The first-order valence-electron chi connectivity index (χ1n) is 32.1. The van der Waals surface area contributed by atoms with E-state index in [0.717, 1.165) is 96.3 Å². The van der Waals surface area contributed by atoms with Crippen LogP contribution in [0.5, 0.6) is 0 Å². The second-order valence-corrected chi connectivity index (χ2v) is 21.3. The van der Waals surface area contributed by atoms with Gasteiger partial charge in [0.1, 0.15) is 13.2 Å². The van der Waals surface area contributed by atoms with Crippen LogP contribution >= 0.6 is 0 Å². The molecule has 0 aromatic carbocycles. The minimum atomic E-state index is -0.798. The van der Waals surface area contributed by atoms with Gasteiger partial charge in [-0.25, -0.2) is 0 Å². The van der Waals surface area contributed by atoms with Crippen molar-refractivity contribution in [3.05, 3.63) is 85.1 Å². The molecule has 75 heavy (non-hydrogen) atoms. The molecule has 0 aromatic heterocycles. The summed E-state index contributed by atoms with van der Waals surface area (Å²) in [5.74, 6) is -0.916. The molecule has 0 aliphatic rings. The Morgan fingerprint density at radius 3 is 0.840 bits per heavy atom.